The quantitative estimate of drug-likeness (QED) is 0.663. The van der Waals surface area contributed by atoms with Gasteiger partial charge in [0.2, 0.25) is 0 Å². The first-order valence-electron chi connectivity index (χ1n) is 8.34. The normalized spacial score (nSPS) is 17.2. The van der Waals surface area contributed by atoms with Crippen LogP contribution in [0.2, 0.25) is 0 Å². The first kappa shape index (κ1) is 15.4. The highest BCUT2D eigenvalue weighted by Crippen LogP contribution is 2.33. The fourth-order valence-electron chi connectivity index (χ4n) is 2.93. The Balaban J connectivity index is 1.83. The van der Waals surface area contributed by atoms with Crippen LogP contribution in [0.25, 0.3) is 0 Å². The second kappa shape index (κ2) is 8.31. The molecule has 0 bridgehead atoms. The highest BCUT2D eigenvalue weighted by Gasteiger charge is 2.21. The van der Waals surface area contributed by atoms with Crippen LogP contribution >= 0.6 is 0 Å². The molecule has 0 radical (unpaired) electrons. The maximum absolute atomic E-state index is 5.87. The summed E-state index contributed by atoms with van der Waals surface area (Å²) in [6.07, 6.45) is 8.67. The minimum atomic E-state index is 0.559. The molecule has 0 aliphatic heterocycles. The standard InChI is InChI=1S/C18H29NO/c1-3-5-6-7-13-20-16-9-10-17-15(14-16)8-11-18(17)19-12-4-2/h9-10,14,18-19H,3-8,11-13H2,1-2H3. The summed E-state index contributed by atoms with van der Waals surface area (Å²) in [5, 5.41) is 3.63. The number of ether oxygens (including phenoxy) is 1. The van der Waals surface area contributed by atoms with E-state index in [1.54, 1.807) is 0 Å². The van der Waals surface area contributed by atoms with Crippen LogP contribution < -0.4 is 10.1 Å². The van der Waals surface area contributed by atoms with Gasteiger partial charge >= 0.3 is 0 Å². The lowest BCUT2D eigenvalue weighted by molar-refractivity contribution is 0.305. The van der Waals surface area contributed by atoms with E-state index in [1.165, 1.54) is 56.1 Å². The molecule has 2 nitrogen and oxygen atoms in total. The molecule has 20 heavy (non-hydrogen) atoms. The number of unbranched alkanes of at least 4 members (excludes halogenated alkanes) is 3. The van der Waals surface area contributed by atoms with Crippen molar-refractivity contribution in [2.45, 2.75) is 64.8 Å². The first-order valence-corrected chi connectivity index (χ1v) is 8.34. The van der Waals surface area contributed by atoms with Gasteiger partial charge in [-0.2, -0.15) is 0 Å². The number of nitrogens with one attached hydrogen (secondary N) is 1. The highest BCUT2D eigenvalue weighted by atomic mass is 16.5. The zero-order valence-electron chi connectivity index (χ0n) is 13.1. The van der Waals surface area contributed by atoms with E-state index in [9.17, 15) is 0 Å². The molecule has 0 amide bonds. The summed E-state index contributed by atoms with van der Waals surface area (Å²) < 4.78 is 5.87. The van der Waals surface area contributed by atoms with Crippen molar-refractivity contribution in [3.8, 4) is 5.75 Å². The Bertz CT molecular complexity index is 402. The number of benzene rings is 1. The van der Waals surface area contributed by atoms with E-state index >= 15 is 0 Å². The van der Waals surface area contributed by atoms with Gasteiger partial charge in [-0.15, -0.1) is 0 Å². The van der Waals surface area contributed by atoms with Crippen LogP contribution in [0.4, 0.5) is 0 Å². The van der Waals surface area contributed by atoms with Gasteiger partial charge in [0, 0.05) is 6.04 Å². The van der Waals surface area contributed by atoms with Crippen LogP contribution in [-0.4, -0.2) is 13.2 Å². The summed E-state index contributed by atoms with van der Waals surface area (Å²) in [7, 11) is 0. The molecular weight excluding hydrogens is 246 g/mol. The molecular formula is C18H29NO. The molecule has 2 heteroatoms. The third-order valence-electron chi connectivity index (χ3n) is 4.10. The van der Waals surface area contributed by atoms with Gasteiger partial charge in [0.15, 0.2) is 0 Å². The summed E-state index contributed by atoms with van der Waals surface area (Å²) in [6, 6.07) is 7.22. The van der Waals surface area contributed by atoms with Crippen molar-refractivity contribution in [1.82, 2.24) is 5.32 Å². The molecule has 1 aromatic carbocycles. The van der Waals surface area contributed by atoms with Crippen molar-refractivity contribution in [1.29, 1.82) is 0 Å². The van der Waals surface area contributed by atoms with Crippen molar-refractivity contribution in [2.75, 3.05) is 13.2 Å². The minimum Gasteiger partial charge on any atom is -0.494 e. The maximum Gasteiger partial charge on any atom is 0.119 e. The Hall–Kier alpha value is -1.02. The van der Waals surface area contributed by atoms with E-state index in [4.69, 9.17) is 4.74 Å². The number of rotatable bonds is 9. The zero-order valence-corrected chi connectivity index (χ0v) is 13.1. The Labute approximate surface area is 123 Å². The Morgan fingerprint density at radius 2 is 2.05 bits per heavy atom. The number of fused-ring (bicyclic) bond motifs is 1. The number of hydrogen-bond acceptors (Lipinski definition) is 2. The lowest BCUT2D eigenvalue weighted by Gasteiger charge is -2.14. The number of hydrogen-bond donors (Lipinski definition) is 1. The van der Waals surface area contributed by atoms with Gasteiger partial charge in [-0.05, 0) is 55.5 Å². The summed E-state index contributed by atoms with van der Waals surface area (Å²) >= 11 is 0. The molecule has 112 valence electrons. The van der Waals surface area contributed by atoms with E-state index in [-0.39, 0.29) is 0 Å². The van der Waals surface area contributed by atoms with Gasteiger partial charge in [0.05, 0.1) is 6.61 Å². The van der Waals surface area contributed by atoms with Crippen molar-refractivity contribution in [3.63, 3.8) is 0 Å². The van der Waals surface area contributed by atoms with Crippen LogP contribution in [0, 0.1) is 0 Å². The molecule has 1 aliphatic carbocycles. The smallest absolute Gasteiger partial charge is 0.119 e. The first-order chi connectivity index (χ1) is 9.85. The average Bonchev–Trinajstić information content (AvgIpc) is 2.87. The molecule has 0 heterocycles. The van der Waals surface area contributed by atoms with E-state index in [0.717, 1.165) is 18.9 Å². The Morgan fingerprint density at radius 1 is 1.15 bits per heavy atom. The predicted molar refractivity (Wildman–Crippen MR) is 85.4 cm³/mol. The summed E-state index contributed by atoms with van der Waals surface area (Å²) in [6.45, 7) is 6.43. The van der Waals surface area contributed by atoms with Crippen molar-refractivity contribution in [3.05, 3.63) is 29.3 Å². The molecule has 1 atom stereocenters. The summed E-state index contributed by atoms with van der Waals surface area (Å²) in [5.74, 6) is 1.05. The van der Waals surface area contributed by atoms with Gasteiger partial charge in [0.25, 0.3) is 0 Å². The fraction of sp³-hybridized carbons (Fsp3) is 0.667. The van der Waals surface area contributed by atoms with Crippen LogP contribution in [-0.2, 0) is 6.42 Å². The molecule has 1 aliphatic rings. The Morgan fingerprint density at radius 3 is 2.85 bits per heavy atom. The average molecular weight is 275 g/mol. The monoisotopic (exact) mass is 275 g/mol. The molecule has 2 rings (SSSR count). The minimum absolute atomic E-state index is 0.559. The molecule has 0 fully saturated rings. The van der Waals surface area contributed by atoms with Crippen LogP contribution in [0.1, 0.15) is 69.5 Å². The Kier molecular flexibility index (Phi) is 6.38. The number of aryl methyl sites for hydroxylation is 1. The second-order valence-electron chi connectivity index (χ2n) is 5.82. The molecule has 1 unspecified atom stereocenters. The van der Waals surface area contributed by atoms with Gasteiger partial charge < -0.3 is 10.1 Å². The zero-order chi connectivity index (χ0) is 14.2. The SMILES string of the molecule is CCCCCCOc1ccc2c(c1)CCC2NCCC. The summed E-state index contributed by atoms with van der Waals surface area (Å²) in [4.78, 5) is 0. The van der Waals surface area contributed by atoms with Gasteiger partial charge in [0.1, 0.15) is 5.75 Å². The molecule has 1 aromatic rings. The van der Waals surface area contributed by atoms with Crippen LogP contribution in [0.15, 0.2) is 18.2 Å². The van der Waals surface area contributed by atoms with Gasteiger partial charge in [-0.3, -0.25) is 0 Å². The van der Waals surface area contributed by atoms with E-state index < -0.39 is 0 Å². The maximum atomic E-state index is 5.87. The van der Waals surface area contributed by atoms with Crippen molar-refractivity contribution in [2.24, 2.45) is 0 Å². The fourth-order valence-corrected chi connectivity index (χ4v) is 2.93. The van der Waals surface area contributed by atoms with E-state index in [1.807, 2.05) is 0 Å². The second-order valence-corrected chi connectivity index (χ2v) is 5.82. The van der Waals surface area contributed by atoms with Crippen LogP contribution in [0.5, 0.6) is 5.75 Å². The van der Waals surface area contributed by atoms with Gasteiger partial charge in [-0.1, -0.05) is 39.2 Å². The molecule has 0 spiro atoms. The lowest BCUT2D eigenvalue weighted by Crippen LogP contribution is -2.19. The van der Waals surface area contributed by atoms with Crippen LogP contribution in [0.3, 0.4) is 0 Å². The van der Waals surface area contributed by atoms with Crippen molar-refractivity contribution >= 4 is 0 Å². The lowest BCUT2D eigenvalue weighted by atomic mass is 10.1. The largest absolute Gasteiger partial charge is 0.494 e. The van der Waals surface area contributed by atoms with Crippen molar-refractivity contribution < 1.29 is 4.74 Å². The third kappa shape index (κ3) is 4.24. The topological polar surface area (TPSA) is 21.3 Å². The third-order valence-corrected chi connectivity index (χ3v) is 4.10. The molecule has 1 N–H and O–H groups in total. The summed E-state index contributed by atoms with van der Waals surface area (Å²) in [5.41, 5.74) is 2.96. The predicted octanol–water partition coefficient (Wildman–Crippen LogP) is 4.63. The van der Waals surface area contributed by atoms with E-state index in [0.29, 0.717) is 6.04 Å². The van der Waals surface area contributed by atoms with E-state index in [2.05, 4.69) is 37.4 Å². The molecule has 0 saturated carbocycles. The molecule has 0 aromatic heterocycles. The highest BCUT2D eigenvalue weighted by molar-refractivity contribution is 5.40. The van der Waals surface area contributed by atoms with Gasteiger partial charge in [-0.25, -0.2) is 0 Å². The molecule has 0 saturated heterocycles.